The summed E-state index contributed by atoms with van der Waals surface area (Å²) in [5.41, 5.74) is 1.49. The minimum atomic E-state index is -0.502. The summed E-state index contributed by atoms with van der Waals surface area (Å²) in [4.78, 5) is 27.6. The number of aromatic amines is 1. The van der Waals surface area contributed by atoms with Gasteiger partial charge in [-0.05, 0) is 27.1 Å². The third kappa shape index (κ3) is 3.60. The number of rotatable bonds is 4. The van der Waals surface area contributed by atoms with Gasteiger partial charge in [0.1, 0.15) is 5.69 Å². The summed E-state index contributed by atoms with van der Waals surface area (Å²) in [5.74, 6) is -0.683. The van der Waals surface area contributed by atoms with E-state index in [2.05, 4.69) is 15.0 Å². The van der Waals surface area contributed by atoms with Gasteiger partial charge in [-0.2, -0.15) is 0 Å². The van der Waals surface area contributed by atoms with Gasteiger partial charge in [0, 0.05) is 5.69 Å². The van der Waals surface area contributed by atoms with Crippen LogP contribution in [-0.2, 0) is 9.53 Å². The number of esters is 1. The number of aryl methyl sites for hydroxylation is 1. The molecule has 0 aliphatic rings. The Morgan fingerprint density at radius 3 is 2.65 bits per heavy atom. The van der Waals surface area contributed by atoms with Crippen molar-refractivity contribution in [2.24, 2.45) is 0 Å². The van der Waals surface area contributed by atoms with Crippen LogP contribution in [0.3, 0.4) is 0 Å². The second kappa shape index (κ2) is 5.49. The Balaban J connectivity index is 2.83. The van der Waals surface area contributed by atoms with Crippen molar-refractivity contribution in [2.75, 3.05) is 33.1 Å². The molecule has 0 aromatic carbocycles. The first-order valence-corrected chi connectivity index (χ1v) is 5.16. The van der Waals surface area contributed by atoms with E-state index in [0.717, 1.165) is 5.69 Å². The molecule has 17 heavy (non-hydrogen) atoms. The lowest BCUT2D eigenvalue weighted by Crippen LogP contribution is -2.27. The highest BCUT2D eigenvalue weighted by Crippen LogP contribution is 2.17. The highest BCUT2D eigenvalue weighted by molar-refractivity contribution is 6.00. The number of ether oxygens (including phenoxy) is 1. The van der Waals surface area contributed by atoms with E-state index >= 15 is 0 Å². The van der Waals surface area contributed by atoms with Crippen LogP contribution in [0.2, 0.25) is 0 Å². The fourth-order valence-electron chi connectivity index (χ4n) is 1.43. The van der Waals surface area contributed by atoms with Gasteiger partial charge in [-0.1, -0.05) is 0 Å². The monoisotopic (exact) mass is 239 g/mol. The fraction of sp³-hybridized carbons (Fsp3) is 0.455. The predicted octanol–water partition coefficient (Wildman–Crippen LogP) is 0.610. The number of methoxy groups -OCH3 is 1. The maximum absolute atomic E-state index is 11.6. The molecule has 2 N–H and O–H groups in total. The molecule has 0 spiro atoms. The summed E-state index contributed by atoms with van der Waals surface area (Å²) in [6.45, 7) is 2.05. The zero-order chi connectivity index (χ0) is 13.0. The van der Waals surface area contributed by atoms with E-state index in [1.54, 1.807) is 32.0 Å². The number of nitrogens with one attached hydrogen (secondary N) is 2. The molecule has 1 amide bonds. The van der Waals surface area contributed by atoms with Crippen molar-refractivity contribution in [1.82, 2.24) is 9.88 Å². The minimum absolute atomic E-state index is 0.181. The van der Waals surface area contributed by atoms with Gasteiger partial charge in [-0.3, -0.25) is 4.79 Å². The number of anilines is 1. The van der Waals surface area contributed by atoms with Crippen LogP contribution < -0.4 is 5.32 Å². The average molecular weight is 239 g/mol. The van der Waals surface area contributed by atoms with Gasteiger partial charge in [0.05, 0.1) is 19.3 Å². The molecule has 0 unspecified atom stereocenters. The predicted molar refractivity (Wildman–Crippen MR) is 64.1 cm³/mol. The second-order valence-electron chi connectivity index (χ2n) is 4.02. The third-order valence-electron chi connectivity index (χ3n) is 2.08. The van der Waals surface area contributed by atoms with Crippen LogP contribution in [0, 0.1) is 6.92 Å². The number of carbonyl (C=O) groups excluding carboxylic acids is 2. The van der Waals surface area contributed by atoms with E-state index in [4.69, 9.17) is 0 Å². The summed E-state index contributed by atoms with van der Waals surface area (Å²) >= 11 is 0. The highest BCUT2D eigenvalue weighted by atomic mass is 16.5. The van der Waals surface area contributed by atoms with Crippen molar-refractivity contribution in [2.45, 2.75) is 6.92 Å². The van der Waals surface area contributed by atoms with Gasteiger partial charge in [0.15, 0.2) is 0 Å². The zero-order valence-electron chi connectivity index (χ0n) is 10.5. The van der Waals surface area contributed by atoms with Crippen molar-refractivity contribution >= 4 is 17.6 Å². The molecule has 0 saturated carbocycles. The number of likely N-dealkylation sites (N-methyl/N-ethyl adjacent to an activating group) is 1. The minimum Gasteiger partial charge on any atom is -0.464 e. The molecule has 0 aliphatic heterocycles. The molecule has 1 rings (SSSR count). The number of aromatic nitrogens is 1. The molecule has 6 heteroatoms. The van der Waals surface area contributed by atoms with E-state index in [-0.39, 0.29) is 18.1 Å². The van der Waals surface area contributed by atoms with Crippen LogP contribution in [0.15, 0.2) is 6.07 Å². The molecule has 6 nitrogen and oxygen atoms in total. The second-order valence-corrected chi connectivity index (χ2v) is 4.02. The summed E-state index contributed by atoms with van der Waals surface area (Å²) in [5, 5.41) is 2.67. The lowest BCUT2D eigenvalue weighted by atomic mass is 10.3. The highest BCUT2D eigenvalue weighted by Gasteiger charge is 2.16. The van der Waals surface area contributed by atoms with Crippen molar-refractivity contribution in [3.63, 3.8) is 0 Å². The Morgan fingerprint density at radius 2 is 2.12 bits per heavy atom. The standard InChI is InChI=1S/C11H17N3O3/c1-7-5-8(10(12-7)11(16)17-4)13-9(15)6-14(2)3/h5,12H,6H2,1-4H3,(H,13,15). The molecule has 1 heterocycles. The molecule has 0 bridgehead atoms. The summed E-state index contributed by atoms with van der Waals surface area (Å²) < 4.78 is 4.62. The van der Waals surface area contributed by atoms with E-state index in [9.17, 15) is 9.59 Å². The smallest absolute Gasteiger partial charge is 0.356 e. The maximum Gasteiger partial charge on any atom is 0.356 e. The van der Waals surface area contributed by atoms with Crippen molar-refractivity contribution in [3.05, 3.63) is 17.5 Å². The van der Waals surface area contributed by atoms with Crippen molar-refractivity contribution in [1.29, 1.82) is 0 Å². The molecule has 0 saturated heterocycles. The van der Waals surface area contributed by atoms with E-state index < -0.39 is 5.97 Å². The Hall–Kier alpha value is -1.82. The van der Waals surface area contributed by atoms with Gasteiger partial charge in [-0.25, -0.2) is 4.79 Å². The van der Waals surface area contributed by atoms with Gasteiger partial charge < -0.3 is 19.9 Å². The van der Waals surface area contributed by atoms with Crippen LogP contribution >= 0.6 is 0 Å². The summed E-state index contributed by atoms with van der Waals surface area (Å²) in [6.07, 6.45) is 0. The number of nitrogens with zero attached hydrogens (tertiary/aromatic N) is 1. The third-order valence-corrected chi connectivity index (χ3v) is 2.08. The Kier molecular flexibility index (Phi) is 4.28. The normalized spacial score (nSPS) is 10.4. The lowest BCUT2D eigenvalue weighted by molar-refractivity contribution is -0.116. The van der Waals surface area contributed by atoms with Crippen molar-refractivity contribution < 1.29 is 14.3 Å². The molecule has 0 aliphatic carbocycles. The Labute approximate surface area is 99.9 Å². The molecule has 0 fully saturated rings. The molecular formula is C11H17N3O3. The van der Waals surface area contributed by atoms with E-state index in [1.807, 2.05) is 0 Å². The van der Waals surface area contributed by atoms with E-state index in [0.29, 0.717) is 5.69 Å². The zero-order valence-corrected chi connectivity index (χ0v) is 10.5. The average Bonchev–Trinajstić information content (AvgIpc) is 2.57. The maximum atomic E-state index is 11.6. The number of carbonyl (C=O) groups is 2. The van der Waals surface area contributed by atoms with Gasteiger partial charge in [0.25, 0.3) is 0 Å². The molecule has 94 valence electrons. The van der Waals surface area contributed by atoms with Crippen LogP contribution in [0.1, 0.15) is 16.2 Å². The lowest BCUT2D eigenvalue weighted by Gasteiger charge is -2.09. The number of H-pyrrole nitrogens is 1. The summed E-state index contributed by atoms with van der Waals surface area (Å²) in [7, 11) is 4.89. The SMILES string of the molecule is COC(=O)c1[nH]c(C)cc1NC(=O)CN(C)C. The molecule has 0 radical (unpaired) electrons. The first-order chi connectivity index (χ1) is 7.93. The van der Waals surface area contributed by atoms with Crippen molar-refractivity contribution in [3.8, 4) is 0 Å². The molecule has 1 aromatic rings. The van der Waals surface area contributed by atoms with Crippen LogP contribution in [0.5, 0.6) is 0 Å². The molecular weight excluding hydrogens is 222 g/mol. The molecule has 0 atom stereocenters. The topological polar surface area (TPSA) is 74.4 Å². The van der Waals surface area contributed by atoms with Crippen LogP contribution in [0.4, 0.5) is 5.69 Å². The quantitative estimate of drug-likeness (QED) is 0.755. The first kappa shape index (κ1) is 13.2. The van der Waals surface area contributed by atoms with Gasteiger partial charge in [-0.15, -0.1) is 0 Å². The van der Waals surface area contributed by atoms with Crippen LogP contribution in [0.25, 0.3) is 0 Å². The van der Waals surface area contributed by atoms with Gasteiger partial charge >= 0.3 is 5.97 Å². The Morgan fingerprint density at radius 1 is 1.47 bits per heavy atom. The Bertz CT molecular complexity index is 424. The first-order valence-electron chi connectivity index (χ1n) is 5.16. The summed E-state index contributed by atoms with van der Waals surface area (Å²) in [6, 6.07) is 1.69. The van der Waals surface area contributed by atoms with Gasteiger partial charge in [0.2, 0.25) is 5.91 Å². The fourth-order valence-corrected chi connectivity index (χ4v) is 1.43. The van der Waals surface area contributed by atoms with Crippen LogP contribution in [-0.4, -0.2) is 49.5 Å². The number of amides is 1. The number of hydrogen-bond acceptors (Lipinski definition) is 4. The van der Waals surface area contributed by atoms with E-state index in [1.165, 1.54) is 7.11 Å². The largest absolute Gasteiger partial charge is 0.464 e. The molecule has 1 aromatic heterocycles. The number of hydrogen-bond donors (Lipinski definition) is 2.